The van der Waals surface area contributed by atoms with Crippen molar-refractivity contribution in [2.45, 2.75) is 6.92 Å². The second-order valence-electron chi connectivity index (χ2n) is 5.89. The van der Waals surface area contributed by atoms with E-state index in [-0.39, 0.29) is 21.2 Å². The van der Waals surface area contributed by atoms with Gasteiger partial charge in [-0.15, -0.1) is 0 Å². The summed E-state index contributed by atoms with van der Waals surface area (Å²) in [4.78, 5) is 26.8. The van der Waals surface area contributed by atoms with E-state index in [1.54, 1.807) is 25.1 Å². The molecular formula is C20H13Cl3FNO3. The third kappa shape index (κ3) is 3.53. The first-order valence-electron chi connectivity index (χ1n) is 8.01. The molecule has 0 spiro atoms. The molecule has 4 nitrogen and oxygen atoms in total. The summed E-state index contributed by atoms with van der Waals surface area (Å²) in [6, 6.07) is 8.79. The molecule has 3 rings (SSSR count). The minimum atomic E-state index is -0.689. The highest BCUT2D eigenvalue weighted by atomic mass is 35.5. The highest BCUT2D eigenvalue weighted by molar-refractivity contribution is 6.43. The van der Waals surface area contributed by atoms with Crippen LogP contribution in [0.1, 0.15) is 12.5 Å². The van der Waals surface area contributed by atoms with Crippen LogP contribution in [0.15, 0.2) is 53.2 Å². The monoisotopic (exact) mass is 439 g/mol. The summed E-state index contributed by atoms with van der Waals surface area (Å²) in [5.74, 6) is -1.81. The smallest absolute Gasteiger partial charge is 0.340 e. The average molecular weight is 441 g/mol. The van der Waals surface area contributed by atoms with Crippen LogP contribution in [-0.4, -0.2) is 19.0 Å². The van der Waals surface area contributed by atoms with Crippen molar-refractivity contribution in [3.8, 4) is 0 Å². The fourth-order valence-corrected chi connectivity index (χ4v) is 3.44. The van der Waals surface area contributed by atoms with E-state index >= 15 is 0 Å². The summed E-state index contributed by atoms with van der Waals surface area (Å²) >= 11 is 18.1. The number of rotatable bonds is 3. The second-order valence-corrected chi connectivity index (χ2v) is 7.08. The first-order chi connectivity index (χ1) is 13.3. The van der Waals surface area contributed by atoms with Gasteiger partial charge < -0.3 is 4.74 Å². The van der Waals surface area contributed by atoms with Gasteiger partial charge in [0.1, 0.15) is 5.82 Å². The highest BCUT2D eigenvalue weighted by Crippen LogP contribution is 2.38. The van der Waals surface area contributed by atoms with E-state index in [4.69, 9.17) is 39.5 Å². The van der Waals surface area contributed by atoms with Crippen molar-refractivity contribution in [3.63, 3.8) is 0 Å². The Balaban J connectivity index is 2.19. The lowest BCUT2D eigenvalue weighted by Gasteiger charge is -2.18. The number of esters is 1. The molecule has 1 aliphatic heterocycles. The van der Waals surface area contributed by atoms with Gasteiger partial charge in [0.15, 0.2) is 0 Å². The van der Waals surface area contributed by atoms with Gasteiger partial charge in [-0.25, -0.2) is 9.18 Å². The van der Waals surface area contributed by atoms with Gasteiger partial charge in [0.2, 0.25) is 0 Å². The summed E-state index contributed by atoms with van der Waals surface area (Å²) in [5, 5.41) is 0.409. The average Bonchev–Trinajstić information content (AvgIpc) is 2.91. The normalized spacial score (nSPS) is 15.6. The predicted octanol–water partition coefficient (Wildman–Crippen LogP) is 5.66. The Kier molecular flexibility index (Phi) is 5.79. The number of amides is 1. The zero-order valence-electron chi connectivity index (χ0n) is 14.7. The number of nitrogens with zero attached hydrogens (tertiary/aromatic N) is 1. The van der Waals surface area contributed by atoms with E-state index in [9.17, 15) is 14.0 Å². The molecule has 8 heteroatoms. The number of hydrogen-bond donors (Lipinski definition) is 0. The third-order valence-electron chi connectivity index (χ3n) is 4.23. The van der Waals surface area contributed by atoms with Crippen molar-refractivity contribution in [1.29, 1.82) is 0 Å². The highest BCUT2D eigenvalue weighted by Gasteiger charge is 2.38. The molecular weight excluding hydrogens is 428 g/mol. The Hall–Kier alpha value is -2.34. The third-order valence-corrected chi connectivity index (χ3v) is 5.36. The van der Waals surface area contributed by atoms with Crippen LogP contribution in [0.5, 0.6) is 0 Å². The van der Waals surface area contributed by atoms with Gasteiger partial charge >= 0.3 is 5.97 Å². The molecule has 0 N–H and O–H groups in total. The van der Waals surface area contributed by atoms with Gasteiger partial charge in [0.25, 0.3) is 5.91 Å². The number of methoxy groups -OCH3 is 1. The van der Waals surface area contributed by atoms with E-state index < -0.39 is 17.7 Å². The predicted molar refractivity (Wildman–Crippen MR) is 108 cm³/mol. The molecule has 0 bridgehead atoms. The van der Waals surface area contributed by atoms with Crippen LogP contribution in [-0.2, 0) is 14.3 Å². The van der Waals surface area contributed by atoms with Crippen molar-refractivity contribution >= 4 is 58.4 Å². The number of benzene rings is 2. The topological polar surface area (TPSA) is 46.6 Å². The number of anilines is 1. The molecule has 1 heterocycles. The van der Waals surface area contributed by atoms with Crippen LogP contribution in [0.4, 0.5) is 10.1 Å². The summed E-state index contributed by atoms with van der Waals surface area (Å²) in [6.45, 7) is 1.59. The quantitative estimate of drug-likeness (QED) is 0.457. The summed E-state index contributed by atoms with van der Waals surface area (Å²) in [6.07, 6.45) is 1.47. The van der Waals surface area contributed by atoms with E-state index in [0.29, 0.717) is 22.0 Å². The number of halogens is 4. The van der Waals surface area contributed by atoms with Crippen molar-refractivity contribution in [2.24, 2.45) is 0 Å². The minimum absolute atomic E-state index is 0.0731. The van der Waals surface area contributed by atoms with Gasteiger partial charge in [-0.2, -0.15) is 0 Å². The summed E-state index contributed by atoms with van der Waals surface area (Å²) in [7, 11) is 1.22. The molecule has 0 atom stereocenters. The molecule has 0 aromatic heterocycles. The first-order valence-corrected chi connectivity index (χ1v) is 9.14. The lowest BCUT2D eigenvalue weighted by molar-refractivity contribution is -0.136. The van der Waals surface area contributed by atoms with Crippen molar-refractivity contribution in [3.05, 3.63) is 79.7 Å². The van der Waals surface area contributed by atoms with Gasteiger partial charge in [0, 0.05) is 5.70 Å². The fraction of sp³-hybridized carbons (Fsp3) is 0.100. The molecule has 28 heavy (non-hydrogen) atoms. The van der Waals surface area contributed by atoms with Crippen LogP contribution in [0.2, 0.25) is 15.1 Å². The minimum Gasteiger partial charge on any atom is -0.465 e. The lowest BCUT2D eigenvalue weighted by Crippen LogP contribution is -2.24. The van der Waals surface area contributed by atoms with Crippen LogP contribution < -0.4 is 4.90 Å². The number of allylic oxidation sites excluding steroid dienone is 1. The molecule has 0 radical (unpaired) electrons. The Bertz CT molecular complexity index is 1060. The molecule has 1 aliphatic rings. The Morgan fingerprint density at radius 1 is 1.14 bits per heavy atom. The van der Waals surface area contributed by atoms with Crippen LogP contribution in [0.25, 0.3) is 6.08 Å². The molecule has 0 unspecified atom stereocenters. The Morgan fingerprint density at radius 3 is 2.50 bits per heavy atom. The second kappa shape index (κ2) is 7.95. The van der Waals surface area contributed by atoms with E-state index in [1.165, 1.54) is 30.2 Å². The van der Waals surface area contributed by atoms with Gasteiger partial charge in [-0.1, -0.05) is 46.9 Å². The summed E-state index contributed by atoms with van der Waals surface area (Å²) in [5.41, 5.74) is 1.25. The molecule has 0 saturated heterocycles. The van der Waals surface area contributed by atoms with E-state index in [0.717, 1.165) is 6.07 Å². The molecule has 144 valence electrons. The molecule has 2 aromatic carbocycles. The molecule has 0 fully saturated rings. The van der Waals surface area contributed by atoms with Crippen molar-refractivity contribution in [2.75, 3.05) is 12.0 Å². The van der Waals surface area contributed by atoms with Gasteiger partial charge in [0.05, 0.1) is 39.0 Å². The standard InChI is InChI=1S/C20H13Cl3FNO3/c1-10-17(20(27)28-2)13(8-11-4-3-5-14(21)18(11)23)19(26)25(10)12-6-7-16(24)15(22)9-12/h3-9H,1-2H3/b13-8-. The zero-order valence-corrected chi connectivity index (χ0v) is 17.0. The SMILES string of the molecule is COC(=O)C1=C(C)N(c2ccc(F)c(Cl)c2)C(=O)/C1=C\c1cccc(Cl)c1Cl. The maximum Gasteiger partial charge on any atom is 0.340 e. The Labute approximate surface area is 175 Å². The zero-order chi connectivity index (χ0) is 20.6. The Morgan fingerprint density at radius 2 is 1.86 bits per heavy atom. The number of carbonyl (C=O) groups excluding carboxylic acids is 2. The summed E-state index contributed by atoms with van der Waals surface area (Å²) < 4.78 is 18.4. The molecule has 0 saturated carbocycles. The van der Waals surface area contributed by atoms with Crippen LogP contribution in [0, 0.1) is 5.82 Å². The van der Waals surface area contributed by atoms with Crippen LogP contribution >= 0.6 is 34.8 Å². The number of ether oxygens (including phenoxy) is 1. The fourth-order valence-electron chi connectivity index (χ4n) is 2.90. The van der Waals surface area contributed by atoms with Gasteiger partial charge in [-0.3, -0.25) is 9.69 Å². The molecule has 0 aliphatic carbocycles. The van der Waals surface area contributed by atoms with Crippen molar-refractivity contribution < 1.29 is 18.7 Å². The largest absolute Gasteiger partial charge is 0.465 e. The van der Waals surface area contributed by atoms with Gasteiger partial charge in [-0.05, 0) is 42.8 Å². The maximum atomic E-state index is 13.5. The molecule has 1 amide bonds. The number of carbonyl (C=O) groups is 2. The van der Waals surface area contributed by atoms with Crippen molar-refractivity contribution in [1.82, 2.24) is 0 Å². The maximum absolute atomic E-state index is 13.5. The molecule has 2 aromatic rings. The number of hydrogen-bond acceptors (Lipinski definition) is 3. The van der Waals surface area contributed by atoms with E-state index in [1.807, 2.05) is 0 Å². The van der Waals surface area contributed by atoms with Crippen LogP contribution in [0.3, 0.4) is 0 Å². The lowest BCUT2D eigenvalue weighted by atomic mass is 10.0. The van der Waals surface area contributed by atoms with E-state index in [2.05, 4.69) is 0 Å². The first kappa shape index (κ1) is 20.4.